The molecule has 0 spiro atoms. The van der Waals surface area contributed by atoms with Crippen LogP contribution in [-0.4, -0.2) is 37.6 Å². The summed E-state index contributed by atoms with van der Waals surface area (Å²) in [5, 5.41) is 0. The molecule has 4 nitrogen and oxygen atoms in total. The quantitative estimate of drug-likeness (QED) is 0.711. The standard InChI is InChI=1S/C12H16N2O2/c15-7-1-2-11-3-4-12(13-10-11)14-5-8-16-9-6-14/h3-4,7,10H,1-2,5-6,8-9H2. The van der Waals surface area contributed by atoms with E-state index in [9.17, 15) is 4.79 Å². The summed E-state index contributed by atoms with van der Waals surface area (Å²) in [7, 11) is 0. The van der Waals surface area contributed by atoms with Crippen molar-refractivity contribution in [3.63, 3.8) is 0 Å². The van der Waals surface area contributed by atoms with Gasteiger partial charge < -0.3 is 14.4 Å². The molecule has 0 N–H and O–H groups in total. The van der Waals surface area contributed by atoms with Crippen LogP contribution in [0.25, 0.3) is 0 Å². The number of pyridine rings is 1. The molecule has 0 radical (unpaired) electrons. The number of aryl methyl sites for hydroxylation is 1. The van der Waals surface area contributed by atoms with Gasteiger partial charge in [-0.1, -0.05) is 6.07 Å². The molecule has 1 aromatic rings. The molecule has 1 fully saturated rings. The maximum absolute atomic E-state index is 10.2. The predicted molar refractivity (Wildman–Crippen MR) is 61.7 cm³/mol. The van der Waals surface area contributed by atoms with Crippen LogP contribution >= 0.6 is 0 Å². The zero-order valence-corrected chi connectivity index (χ0v) is 9.26. The van der Waals surface area contributed by atoms with Gasteiger partial charge in [-0.25, -0.2) is 4.98 Å². The highest BCUT2D eigenvalue weighted by atomic mass is 16.5. The minimum absolute atomic E-state index is 0.568. The van der Waals surface area contributed by atoms with Gasteiger partial charge >= 0.3 is 0 Å². The number of carbonyl (C=O) groups is 1. The van der Waals surface area contributed by atoms with Crippen LogP contribution in [0.15, 0.2) is 18.3 Å². The highest BCUT2D eigenvalue weighted by molar-refractivity contribution is 5.50. The first-order chi connectivity index (χ1) is 7.90. The topological polar surface area (TPSA) is 42.4 Å². The Balaban J connectivity index is 1.97. The van der Waals surface area contributed by atoms with E-state index in [4.69, 9.17) is 4.74 Å². The lowest BCUT2D eigenvalue weighted by Gasteiger charge is -2.27. The van der Waals surface area contributed by atoms with Gasteiger partial charge in [0.15, 0.2) is 0 Å². The van der Waals surface area contributed by atoms with E-state index in [0.29, 0.717) is 6.42 Å². The van der Waals surface area contributed by atoms with Gasteiger partial charge in [0, 0.05) is 25.7 Å². The lowest BCUT2D eigenvalue weighted by Crippen LogP contribution is -2.36. The Morgan fingerprint density at radius 3 is 2.81 bits per heavy atom. The molecule has 0 aliphatic carbocycles. The highest BCUT2D eigenvalue weighted by Gasteiger charge is 2.11. The fourth-order valence-corrected chi connectivity index (χ4v) is 1.77. The molecule has 0 aromatic carbocycles. The Kier molecular flexibility index (Phi) is 3.88. The zero-order valence-electron chi connectivity index (χ0n) is 9.26. The number of hydrogen-bond donors (Lipinski definition) is 0. The Labute approximate surface area is 95.2 Å². The summed E-state index contributed by atoms with van der Waals surface area (Å²) in [6, 6.07) is 4.06. The molecule has 4 heteroatoms. The Morgan fingerprint density at radius 2 is 2.19 bits per heavy atom. The van der Waals surface area contributed by atoms with Crippen LogP contribution < -0.4 is 4.90 Å². The molecular formula is C12H16N2O2. The lowest BCUT2D eigenvalue weighted by atomic mass is 10.2. The van der Waals surface area contributed by atoms with Crippen LogP contribution in [0.3, 0.4) is 0 Å². The highest BCUT2D eigenvalue weighted by Crippen LogP contribution is 2.13. The molecule has 0 saturated carbocycles. The van der Waals surface area contributed by atoms with Gasteiger partial charge in [-0.3, -0.25) is 0 Å². The molecule has 0 unspecified atom stereocenters. The third kappa shape index (κ3) is 2.79. The number of ether oxygens (including phenoxy) is 1. The summed E-state index contributed by atoms with van der Waals surface area (Å²) in [4.78, 5) is 16.9. The third-order valence-electron chi connectivity index (χ3n) is 2.70. The van der Waals surface area contributed by atoms with E-state index in [0.717, 1.165) is 50.4 Å². The minimum atomic E-state index is 0.568. The number of aldehydes is 1. The predicted octanol–water partition coefficient (Wildman–Crippen LogP) is 1.05. The van der Waals surface area contributed by atoms with E-state index in [1.807, 2.05) is 18.3 Å². The second kappa shape index (κ2) is 5.61. The van der Waals surface area contributed by atoms with Gasteiger partial charge in [-0.05, 0) is 18.1 Å². The van der Waals surface area contributed by atoms with Crippen molar-refractivity contribution in [1.29, 1.82) is 0 Å². The average molecular weight is 220 g/mol. The molecule has 2 heterocycles. The van der Waals surface area contributed by atoms with Gasteiger partial charge in [-0.2, -0.15) is 0 Å². The van der Waals surface area contributed by atoms with Crippen molar-refractivity contribution in [2.75, 3.05) is 31.2 Å². The van der Waals surface area contributed by atoms with Crippen molar-refractivity contribution in [2.24, 2.45) is 0 Å². The summed E-state index contributed by atoms with van der Waals surface area (Å²) < 4.78 is 5.29. The van der Waals surface area contributed by atoms with Gasteiger partial charge in [0.05, 0.1) is 13.2 Å². The maximum Gasteiger partial charge on any atom is 0.128 e. The molecule has 1 saturated heterocycles. The normalized spacial score (nSPS) is 16.1. The molecule has 0 amide bonds. The van der Waals surface area contributed by atoms with Crippen LogP contribution in [0.1, 0.15) is 12.0 Å². The SMILES string of the molecule is O=CCCc1ccc(N2CCOCC2)nc1. The number of rotatable bonds is 4. The fraction of sp³-hybridized carbons (Fsp3) is 0.500. The second-order valence-electron chi connectivity index (χ2n) is 3.83. The molecule has 1 aliphatic rings. The number of morpholine rings is 1. The monoisotopic (exact) mass is 220 g/mol. The number of nitrogens with zero attached hydrogens (tertiary/aromatic N) is 2. The van der Waals surface area contributed by atoms with E-state index < -0.39 is 0 Å². The third-order valence-corrected chi connectivity index (χ3v) is 2.70. The number of anilines is 1. The van der Waals surface area contributed by atoms with Gasteiger partial charge in [0.1, 0.15) is 12.1 Å². The lowest BCUT2D eigenvalue weighted by molar-refractivity contribution is -0.107. The first-order valence-electron chi connectivity index (χ1n) is 5.61. The molecular weight excluding hydrogens is 204 g/mol. The van der Waals surface area contributed by atoms with Crippen LogP contribution in [0.4, 0.5) is 5.82 Å². The van der Waals surface area contributed by atoms with Gasteiger partial charge in [-0.15, -0.1) is 0 Å². The summed E-state index contributed by atoms with van der Waals surface area (Å²) >= 11 is 0. The summed E-state index contributed by atoms with van der Waals surface area (Å²) in [5.74, 6) is 0.998. The van der Waals surface area contributed by atoms with Crippen LogP contribution in [-0.2, 0) is 16.0 Å². The second-order valence-corrected chi connectivity index (χ2v) is 3.83. The van der Waals surface area contributed by atoms with Crippen molar-refractivity contribution in [3.8, 4) is 0 Å². The first kappa shape index (κ1) is 11.1. The largest absolute Gasteiger partial charge is 0.378 e. The van der Waals surface area contributed by atoms with E-state index in [2.05, 4.69) is 9.88 Å². The molecule has 0 atom stereocenters. The summed E-state index contributed by atoms with van der Waals surface area (Å²) in [6.45, 7) is 3.35. The van der Waals surface area contributed by atoms with Crippen molar-refractivity contribution in [1.82, 2.24) is 4.98 Å². The van der Waals surface area contributed by atoms with E-state index >= 15 is 0 Å². The average Bonchev–Trinajstić information content (AvgIpc) is 2.38. The molecule has 1 aromatic heterocycles. The smallest absolute Gasteiger partial charge is 0.128 e. The van der Waals surface area contributed by atoms with Crippen LogP contribution in [0, 0.1) is 0 Å². The Hall–Kier alpha value is -1.42. The van der Waals surface area contributed by atoms with Crippen molar-refractivity contribution in [2.45, 2.75) is 12.8 Å². The first-order valence-corrected chi connectivity index (χ1v) is 5.61. The fourth-order valence-electron chi connectivity index (χ4n) is 1.77. The number of carbonyl (C=O) groups excluding carboxylic acids is 1. The van der Waals surface area contributed by atoms with Crippen molar-refractivity contribution < 1.29 is 9.53 Å². The zero-order chi connectivity index (χ0) is 11.2. The van der Waals surface area contributed by atoms with E-state index in [-0.39, 0.29) is 0 Å². The van der Waals surface area contributed by atoms with Gasteiger partial charge in [0.25, 0.3) is 0 Å². The Morgan fingerprint density at radius 1 is 1.38 bits per heavy atom. The molecule has 0 bridgehead atoms. The van der Waals surface area contributed by atoms with Crippen LogP contribution in [0.2, 0.25) is 0 Å². The molecule has 1 aliphatic heterocycles. The molecule has 86 valence electrons. The summed E-state index contributed by atoms with van der Waals surface area (Å²) in [6.07, 6.45) is 4.14. The summed E-state index contributed by atoms with van der Waals surface area (Å²) in [5.41, 5.74) is 1.11. The Bertz CT molecular complexity index is 331. The van der Waals surface area contributed by atoms with Crippen LogP contribution in [0.5, 0.6) is 0 Å². The van der Waals surface area contributed by atoms with E-state index in [1.165, 1.54) is 0 Å². The molecule has 16 heavy (non-hydrogen) atoms. The van der Waals surface area contributed by atoms with E-state index in [1.54, 1.807) is 0 Å². The maximum atomic E-state index is 10.2. The minimum Gasteiger partial charge on any atom is -0.378 e. The number of hydrogen-bond acceptors (Lipinski definition) is 4. The number of aromatic nitrogens is 1. The van der Waals surface area contributed by atoms with Gasteiger partial charge in [0.2, 0.25) is 0 Å². The van der Waals surface area contributed by atoms with Crippen molar-refractivity contribution in [3.05, 3.63) is 23.9 Å². The molecule has 2 rings (SSSR count). The van der Waals surface area contributed by atoms with Crippen molar-refractivity contribution >= 4 is 12.1 Å².